The summed E-state index contributed by atoms with van der Waals surface area (Å²) in [5.74, 6) is 1.05. The standard InChI is InChI=1S/C23H44N4O2/c1-24-23(25-14-8-15-26(2)20-9-4-3-5-10-20)27-16-12-21(13-17-27)29-19-22-11-6-7-18-28-22/h20-22H,3-19H2,1-2H3,(H,24,25). The molecule has 1 atom stereocenters. The number of aliphatic imine (C=N–C) groups is 1. The Balaban J connectivity index is 1.27. The summed E-state index contributed by atoms with van der Waals surface area (Å²) >= 11 is 0. The highest BCUT2D eigenvalue weighted by Crippen LogP contribution is 2.21. The van der Waals surface area contributed by atoms with Crippen LogP contribution in [0.15, 0.2) is 4.99 Å². The third-order valence-corrected chi connectivity index (χ3v) is 6.91. The fraction of sp³-hybridized carbons (Fsp3) is 0.957. The minimum absolute atomic E-state index is 0.322. The van der Waals surface area contributed by atoms with Crippen molar-refractivity contribution in [2.45, 2.75) is 88.9 Å². The van der Waals surface area contributed by atoms with Crippen LogP contribution < -0.4 is 5.32 Å². The van der Waals surface area contributed by atoms with E-state index >= 15 is 0 Å². The van der Waals surface area contributed by atoms with Crippen LogP contribution in [0.25, 0.3) is 0 Å². The van der Waals surface area contributed by atoms with Gasteiger partial charge in [0.2, 0.25) is 0 Å². The molecule has 3 fully saturated rings. The van der Waals surface area contributed by atoms with E-state index in [-0.39, 0.29) is 0 Å². The minimum Gasteiger partial charge on any atom is -0.376 e. The molecule has 3 rings (SSSR count). The molecule has 0 aromatic heterocycles. The molecule has 1 unspecified atom stereocenters. The summed E-state index contributed by atoms with van der Waals surface area (Å²) in [7, 11) is 4.20. The normalized spacial score (nSPS) is 25.6. The largest absolute Gasteiger partial charge is 0.376 e. The molecule has 0 aromatic rings. The zero-order valence-corrected chi connectivity index (χ0v) is 18.9. The highest BCUT2D eigenvalue weighted by molar-refractivity contribution is 5.79. The van der Waals surface area contributed by atoms with Gasteiger partial charge >= 0.3 is 0 Å². The molecule has 0 radical (unpaired) electrons. The molecule has 1 aliphatic carbocycles. The maximum atomic E-state index is 6.15. The van der Waals surface area contributed by atoms with Crippen LogP contribution in [0.5, 0.6) is 0 Å². The summed E-state index contributed by atoms with van der Waals surface area (Å²) in [5, 5.41) is 3.58. The summed E-state index contributed by atoms with van der Waals surface area (Å²) in [5.41, 5.74) is 0. The lowest BCUT2D eigenvalue weighted by molar-refractivity contribution is -0.0721. The van der Waals surface area contributed by atoms with Gasteiger partial charge in [0.05, 0.1) is 18.8 Å². The fourth-order valence-corrected chi connectivity index (χ4v) is 4.98. The highest BCUT2D eigenvalue weighted by Gasteiger charge is 2.24. The SMILES string of the molecule is CN=C(NCCCN(C)C1CCCCC1)N1CCC(OCC2CCCCO2)CC1. The highest BCUT2D eigenvalue weighted by atomic mass is 16.5. The Morgan fingerprint density at radius 1 is 1.07 bits per heavy atom. The summed E-state index contributed by atoms with van der Waals surface area (Å²) in [4.78, 5) is 9.48. The van der Waals surface area contributed by atoms with Crippen molar-refractivity contribution in [3.63, 3.8) is 0 Å². The van der Waals surface area contributed by atoms with Gasteiger partial charge in [-0.1, -0.05) is 19.3 Å². The second-order valence-corrected chi connectivity index (χ2v) is 9.11. The molecule has 2 saturated heterocycles. The van der Waals surface area contributed by atoms with Crippen molar-refractivity contribution in [2.75, 3.05) is 53.5 Å². The van der Waals surface area contributed by atoms with Gasteiger partial charge in [0, 0.05) is 39.3 Å². The predicted octanol–water partition coefficient (Wildman–Crippen LogP) is 3.27. The van der Waals surface area contributed by atoms with Crippen molar-refractivity contribution in [2.24, 2.45) is 4.99 Å². The number of hydrogen-bond donors (Lipinski definition) is 1. The lowest BCUT2D eigenvalue weighted by atomic mass is 9.94. The second kappa shape index (κ2) is 12.8. The fourth-order valence-electron chi connectivity index (χ4n) is 4.98. The van der Waals surface area contributed by atoms with Crippen LogP contribution in [0, 0.1) is 0 Å². The second-order valence-electron chi connectivity index (χ2n) is 9.11. The van der Waals surface area contributed by atoms with Crippen LogP contribution in [0.4, 0.5) is 0 Å². The zero-order chi connectivity index (χ0) is 20.3. The Bertz CT molecular complexity index is 467. The Labute approximate surface area is 178 Å². The lowest BCUT2D eigenvalue weighted by Gasteiger charge is -2.35. The third-order valence-electron chi connectivity index (χ3n) is 6.91. The molecule has 0 spiro atoms. The van der Waals surface area contributed by atoms with Gasteiger partial charge in [-0.05, 0) is 65.0 Å². The summed E-state index contributed by atoms with van der Waals surface area (Å²) in [6, 6.07) is 0.807. The number of nitrogens with zero attached hydrogens (tertiary/aromatic N) is 3. The van der Waals surface area contributed by atoms with Gasteiger partial charge in [-0.25, -0.2) is 0 Å². The van der Waals surface area contributed by atoms with Gasteiger partial charge in [-0.2, -0.15) is 0 Å². The Hall–Kier alpha value is -0.850. The van der Waals surface area contributed by atoms with E-state index in [2.05, 4.69) is 27.2 Å². The molecular weight excluding hydrogens is 364 g/mol. The molecule has 168 valence electrons. The van der Waals surface area contributed by atoms with E-state index in [0.717, 1.165) is 64.1 Å². The van der Waals surface area contributed by atoms with Crippen molar-refractivity contribution >= 4 is 5.96 Å². The number of guanidine groups is 1. The summed E-state index contributed by atoms with van der Waals surface area (Å²) in [6.07, 6.45) is 14.7. The van der Waals surface area contributed by atoms with E-state index in [1.165, 1.54) is 57.9 Å². The molecule has 29 heavy (non-hydrogen) atoms. The number of piperidine rings is 1. The zero-order valence-electron chi connectivity index (χ0n) is 18.9. The van der Waals surface area contributed by atoms with Crippen LogP contribution in [-0.2, 0) is 9.47 Å². The first-order valence-corrected chi connectivity index (χ1v) is 12.2. The minimum atomic E-state index is 0.322. The monoisotopic (exact) mass is 408 g/mol. The quantitative estimate of drug-likeness (QED) is 0.379. The molecule has 1 N–H and O–H groups in total. The molecule has 0 amide bonds. The van der Waals surface area contributed by atoms with Crippen LogP contribution in [-0.4, -0.2) is 87.5 Å². The smallest absolute Gasteiger partial charge is 0.193 e. The molecule has 0 bridgehead atoms. The van der Waals surface area contributed by atoms with Crippen LogP contribution in [0.1, 0.15) is 70.6 Å². The van der Waals surface area contributed by atoms with E-state index in [0.29, 0.717) is 12.2 Å². The molecule has 6 heteroatoms. The summed E-state index contributed by atoms with van der Waals surface area (Å²) < 4.78 is 11.9. The average molecular weight is 409 g/mol. The van der Waals surface area contributed by atoms with Crippen molar-refractivity contribution in [1.82, 2.24) is 15.1 Å². The molecule has 2 aliphatic heterocycles. The maximum Gasteiger partial charge on any atom is 0.193 e. The van der Waals surface area contributed by atoms with Crippen molar-refractivity contribution < 1.29 is 9.47 Å². The third kappa shape index (κ3) is 7.72. The van der Waals surface area contributed by atoms with Crippen LogP contribution >= 0.6 is 0 Å². The van der Waals surface area contributed by atoms with Crippen molar-refractivity contribution in [3.8, 4) is 0 Å². The van der Waals surface area contributed by atoms with E-state index < -0.39 is 0 Å². The topological polar surface area (TPSA) is 49.3 Å². The van der Waals surface area contributed by atoms with Gasteiger partial charge in [0.15, 0.2) is 5.96 Å². The first-order chi connectivity index (χ1) is 14.3. The van der Waals surface area contributed by atoms with Crippen LogP contribution in [0.3, 0.4) is 0 Å². The van der Waals surface area contributed by atoms with Gasteiger partial charge in [0.25, 0.3) is 0 Å². The van der Waals surface area contributed by atoms with E-state index in [9.17, 15) is 0 Å². The molecule has 1 saturated carbocycles. The van der Waals surface area contributed by atoms with Gasteiger partial charge in [-0.15, -0.1) is 0 Å². The first-order valence-electron chi connectivity index (χ1n) is 12.2. The Kier molecular flexibility index (Phi) is 10.0. The molecule has 3 aliphatic rings. The molecular formula is C23H44N4O2. The summed E-state index contributed by atoms with van der Waals surface area (Å²) in [6.45, 7) is 5.90. The number of likely N-dealkylation sites (tertiary alicyclic amines) is 1. The molecule has 2 heterocycles. The first kappa shape index (κ1) is 22.8. The molecule has 6 nitrogen and oxygen atoms in total. The van der Waals surface area contributed by atoms with Gasteiger partial charge in [0.1, 0.15) is 0 Å². The van der Waals surface area contributed by atoms with E-state index in [1.807, 2.05) is 7.05 Å². The van der Waals surface area contributed by atoms with E-state index in [1.54, 1.807) is 0 Å². The number of ether oxygens (including phenoxy) is 2. The average Bonchev–Trinajstić information content (AvgIpc) is 2.79. The number of rotatable bonds is 8. The molecule has 0 aromatic carbocycles. The Morgan fingerprint density at radius 3 is 2.52 bits per heavy atom. The van der Waals surface area contributed by atoms with Crippen LogP contribution in [0.2, 0.25) is 0 Å². The van der Waals surface area contributed by atoms with Crippen molar-refractivity contribution in [3.05, 3.63) is 0 Å². The van der Waals surface area contributed by atoms with Gasteiger partial charge in [-0.3, -0.25) is 4.99 Å². The van der Waals surface area contributed by atoms with Gasteiger partial charge < -0.3 is 24.6 Å². The number of hydrogen-bond acceptors (Lipinski definition) is 4. The number of nitrogens with one attached hydrogen (secondary N) is 1. The lowest BCUT2D eigenvalue weighted by Crippen LogP contribution is -2.47. The van der Waals surface area contributed by atoms with E-state index in [4.69, 9.17) is 9.47 Å². The predicted molar refractivity (Wildman–Crippen MR) is 120 cm³/mol. The Morgan fingerprint density at radius 2 is 1.83 bits per heavy atom. The maximum absolute atomic E-state index is 6.15. The van der Waals surface area contributed by atoms with Crippen molar-refractivity contribution in [1.29, 1.82) is 0 Å².